The molecule has 106 valence electrons. The van der Waals surface area contributed by atoms with Crippen molar-refractivity contribution in [1.82, 2.24) is 0 Å². The minimum absolute atomic E-state index is 0.0664. The van der Waals surface area contributed by atoms with Crippen molar-refractivity contribution in [1.29, 1.82) is 0 Å². The van der Waals surface area contributed by atoms with E-state index in [-0.39, 0.29) is 6.10 Å². The molecule has 2 heteroatoms. The van der Waals surface area contributed by atoms with Crippen molar-refractivity contribution in [3.63, 3.8) is 0 Å². The quantitative estimate of drug-likeness (QED) is 0.530. The molecule has 0 aliphatic carbocycles. The van der Waals surface area contributed by atoms with Gasteiger partial charge in [-0.2, -0.15) is 0 Å². The van der Waals surface area contributed by atoms with Crippen molar-refractivity contribution < 1.29 is 9.53 Å². The van der Waals surface area contributed by atoms with E-state index in [1.165, 1.54) is 44.9 Å². The molecule has 1 fully saturated rings. The number of hydrogen-bond acceptors (Lipinski definition) is 2. The fourth-order valence-corrected chi connectivity index (χ4v) is 2.59. The summed E-state index contributed by atoms with van der Waals surface area (Å²) < 4.78 is 5.51. The molecule has 0 aromatic rings. The molecule has 18 heavy (non-hydrogen) atoms. The van der Waals surface area contributed by atoms with E-state index >= 15 is 0 Å². The first-order valence-corrected chi connectivity index (χ1v) is 7.99. The predicted molar refractivity (Wildman–Crippen MR) is 75.8 cm³/mol. The zero-order chi connectivity index (χ0) is 13.1. The van der Waals surface area contributed by atoms with Crippen molar-refractivity contribution in [2.24, 2.45) is 0 Å². The van der Waals surface area contributed by atoms with Crippen LogP contribution in [0.2, 0.25) is 0 Å². The van der Waals surface area contributed by atoms with Crippen molar-refractivity contribution in [3.05, 3.63) is 0 Å². The van der Waals surface area contributed by atoms with Gasteiger partial charge in [0.2, 0.25) is 0 Å². The van der Waals surface area contributed by atoms with E-state index < -0.39 is 0 Å². The monoisotopic (exact) mass is 254 g/mol. The van der Waals surface area contributed by atoms with Crippen LogP contribution < -0.4 is 0 Å². The molecule has 1 aliphatic heterocycles. The number of ether oxygens (including phenoxy) is 1. The van der Waals surface area contributed by atoms with Gasteiger partial charge in [0, 0.05) is 13.0 Å². The first-order valence-electron chi connectivity index (χ1n) is 7.99. The minimum atomic E-state index is -0.0664. The van der Waals surface area contributed by atoms with Crippen LogP contribution in [0, 0.1) is 0 Å². The van der Waals surface area contributed by atoms with Gasteiger partial charge in [0.05, 0.1) is 0 Å². The molecule has 1 saturated heterocycles. The first-order chi connectivity index (χ1) is 8.84. The lowest BCUT2D eigenvalue weighted by Gasteiger charge is -2.21. The predicted octanol–water partition coefficient (Wildman–Crippen LogP) is 4.66. The smallest absolute Gasteiger partial charge is 0.161 e. The Morgan fingerprint density at radius 2 is 1.67 bits per heavy atom. The van der Waals surface area contributed by atoms with Gasteiger partial charge in [-0.25, -0.2) is 0 Å². The Bertz CT molecular complexity index is 207. The fourth-order valence-electron chi connectivity index (χ4n) is 2.59. The third-order valence-electron chi connectivity index (χ3n) is 3.82. The number of carbonyl (C=O) groups excluding carboxylic acids is 1. The van der Waals surface area contributed by atoms with E-state index in [0.29, 0.717) is 5.78 Å². The summed E-state index contributed by atoms with van der Waals surface area (Å²) in [6, 6.07) is 0. The van der Waals surface area contributed by atoms with Crippen LogP contribution >= 0.6 is 0 Å². The Morgan fingerprint density at radius 3 is 2.28 bits per heavy atom. The summed E-state index contributed by atoms with van der Waals surface area (Å²) in [5, 5.41) is 0. The molecule has 0 saturated carbocycles. The fraction of sp³-hybridized carbons (Fsp3) is 0.938. The van der Waals surface area contributed by atoms with Crippen LogP contribution in [-0.2, 0) is 9.53 Å². The molecule has 0 bridgehead atoms. The van der Waals surface area contributed by atoms with Crippen LogP contribution in [0.25, 0.3) is 0 Å². The maximum absolute atomic E-state index is 11.8. The van der Waals surface area contributed by atoms with Crippen LogP contribution in [0.5, 0.6) is 0 Å². The molecular weight excluding hydrogens is 224 g/mol. The van der Waals surface area contributed by atoms with Crippen LogP contribution in [0.15, 0.2) is 0 Å². The summed E-state index contributed by atoms with van der Waals surface area (Å²) in [4.78, 5) is 11.8. The van der Waals surface area contributed by atoms with Gasteiger partial charge in [-0.15, -0.1) is 0 Å². The number of ketones is 1. The van der Waals surface area contributed by atoms with Gasteiger partial charge in [0.1, 0.15) is 6.10 Å². The second-order valence-corrected chi connectivity index (χ2v) is 5.55. The average molecular weight is 254 g/mol. The average Bonchev–Trinajstić information content (AvgIpc) is 2.42. The molecule has 0 N–H and O–H groups in total. The summed E-state index contributed by atoms with van der Waals surface area (Å²) in [7, 11) is 0. The number of unbranched alkanes of at least 4 members (excludes halogenated alkanes) is 7. The Balaban J connectivity index is 1.89. The van der Waals surface area contributed by atoms with E-state index in [2.05, 4.69) is 6.92 Å². The molecule has 1 unspecified atom stereocenters. The number of Topliss-reactive ketones (excluding diaryl/α,β-unsaturated/α-hetero) is 1. The van der Waals surface area contributed by atoms with Gasteiger partial charge in [0.25, 0.3) is 0 Å². The summed E-state index contributed by atoms with van der Waals surface area (Å²) in [6.45, 7) is 3.03. The molecule has 0 aromatic heterocycles. The summed E-state index contributed by atoms with van der Waals surface area (Å²) in [5.41, 5.74) is 0. The highest BCUT2D eigenvalue weighted by Crippen LogP contribution is 2.16. The largest absolute Gasteiger partial charge is 0.370 e. The van der Waals surface area contributed by atoms with Crippen LogP contribution in [0.1, 0.15) is 84.0 Å². The maximum Gasteiger partial charge on any atom is 0.161 e. The summed E-state index contributed by atoms with van der Waals surface area (Å²) in [6.07, 6.45) is 14.3. The number of rotatable bonds is 10. The molecular formula is C16H30O2. The molecule has 1 heterocycles. The van der Waals surface area contributed by atoms with E-state index in [1.54, 1.807) is 0 Å². The van der Waals surface area contributed by atoms with Crippen molar-refractivity contribution >= 4 is 5.78 Å². The lowest BCUT2D eigenvalue weighted by molar-refractivity contribution is -0.133. The maximum atomic E-state index is 11.8. The van der Waals surface area contributed by atoms with Gasteiger partial charge in [-0.05, 0) is 25.7 Å². The van der Waals surface area contributed by atoms with Gasteiger partial charge in [-0.1, -0.05) is 51.9 Å². The highest BCUT2D eigenvalue weighted by atomic mass is 16.5. The normalized spacial score (nSPS) is 19.9. The van der Waals surface area contributed by atoms with Gasteiger partial charge < -0.3 is 4.74 Å². The second-order valence-electron chi connectivity index (χ2n) is 5.55. The highest BCUT2D eigenvalue weighted by Gasteiger charge is 2.20. The minimum Gasteiger partial charge on any atom is -0.370 e. The summed E-state index contributed by atoms with van der Waals surface area (Å²) >= 11 is 0. The molecule has 0 radical (unpaired) electrons. The van der Waals surface area contributed by atoms with E-state index in [0.717, 1.165) is 38.7 Å². The third-order valence-corrected chi connectivity index (χ3v) is 3.82. The number of carbonyl (C=O) groups is 1. The zero-order valence-corrected chi connectivity index (χ0v) is 12.1. The molecule has 0 spiro atoms. The third kappa shape index (κ3) is 7.15. The van der Waals surface area contributed by atoms with Gasteiger partial charge in [0.15, 0.2) is 5.78 Å². The number of hydrogen-bond donors (Lipinski definition) is 0. The highest BCUT2D eigenvalue weighted by molar-refractivity contribution is 5.83. The molecule has 0 amide bonds. The van der Waals surface area contributed by atoms with Crippen molar-refractivity contribution in [3.8, 4) is 0 Å². The van der Waals surface area contributed by atoms with Gasteiger partial charge >= 0.3 is 0 Å². The topological polar surface area (TPSA) is 26.3 Å². The van der Waals surface area contributed by atoms with Crippen LogP contribution in [0.3, 0.4) is 0 Å². The van der Waals surface area contributed by atoms with Crippen LogP contribution in [0.4, 0.5) is 0 Å². The SMILES string of the molecule is CCCCCCCCCCC(=O)C1CCCCO1. The molecule has 1 rings (SSSR count). The van der Waals surface area contributed by atoms with Crippen LogP contribution in [-0.4, -0.2) is 18.5 Å². The Hall–Kier alpha value is -0.370. The second kappa shape index (κ2) is 10.5. The lowest BCUT2D eigenvalue weighted by atomic mass is 10.0. The zero-order valence-electron chi connectivity index (χ0n) is 12.1. The Kier molecular flexibility index (Phi) is 9.19. The Morgan fingerprint density at radius 1 is 1.00 bits per heavy atom. The first kappa shape index (κ1) is 15.7. The van der Waals surface area contributed by atoms with Gasteiger partial charge in [-0.3, -0.25) is 4.79 Å². The Labute approximate surface area is 112 Å². The molecule has 1 atom stereocenters. The van der Waals surface area contributed by atoms with Crippen molar-refractivity contribution in [2.45, 2.75) is 90.1 Å². The standard InChI is InChI=1S/C16H30O2/c1-2-3-4-5-6-7-8-9-12-15(17)16-13-10-11-14-18-16/h16H,2-14H2,1H3. The molecule has 2 nitrogen and oxygen atoms in total. The van der Waals surface area contributed by atoms with E-state index in [1.807, 2.05) is 0 Å². The molecule has 0 aromatic carbocycles. The lowest BCUT2D eigenvalue weighted by Crippen LogP contribution is -2.27. The molecule has 1 aliphatic rings. The summed E-state index contributed by atoms with van der Waals surface area (Å²) in [5.74, 6) is 0.348. The van der Waals surface area contributed by atoms with E-state index in [9.17, 15) is 4.79 Å². The van der Waals surface area contributed by atoms with Crippen molar-refractivity contribution in [2.75, 3.05) is 6.61 Å². The van der Waals surface area contributed by atoms with E-state index in [4.69, 9.17) is 4.74 Å².